The summed E-state index contributed by atoms with van der Waals surface area (Å²) >= 11 is 0. The van der Waals surface area contributed by atoms with Gasteiger partial charge in [-0.3, -0.25) is 9.55 Å². The van der Waals surface area contributed by atoms with E-state index in [2.05, 4.69) is 46.6 Å². The average molecular weight is 280 g/mol. The molecule has 4 nitrogen and oxygen atoms in total. The lowest BCUT2D eigenvalue weighted by Gasteiger charge is -2.09. The fourth-order valence-corrected chi connectivity index (χ4v) is 2.56. The van der Waals surface area contributed by atoms with Gasteiger partial charge in [-0.25, -0.2) is 4.98 Å². The van der Waals surface area contributed by atoms with Crippen molar-refractivity contribution in [3.63, 3.8) is 0 Å². The zero-order valence-electron chi connectivity index (χ0n) is 12.7. The van der Waals surface area contributed by atoms with Crippen LogP contribution in [0.2, 0.25) is 0 Å². The van der Waals surface area contributed by atoms with Crippen molar-refractivity contribution in [2.45, 2.75) is 33.2 Å². The van der Waals surface area contributed by atoms with Gasteiger partial charge in [-0.05, 0) is 62.1 Å². The number of aryl methyl sites for hydroxylation is 2. The quantitative estimate of drug-likeness (QED) is 0.802. The first kappa shape index (κ1) is 13.8. The molecular formula is C17H20N4. The number of nitrogens with zero attached hydrogens (tertiary/aromatic N) is 3. The van der Waals surface area contributed by atoms with Gasteiger partial charge in [0.25, 0.3) is 0 Å². The van der Waals surface area contributed by atoms with Crippen LogP contribution in [-0.2, 0) is 6.42 Å². The molecule has 0 spiro atoms. The van der Waals surface area contributed by atoms with Gasteiger partial charge in [-0.2, -0.15) is 0 Å². The minimum absolute atomic E-state index is 0.131. The zero-order chi connectivity index (χ0) is 15.0. The summed E-state index contributed by atoms with van der Waals surface area (Å²) < 4.78 is 2.08. The van der Waals surface area contributed by atoms with Gasteiger partial charge < -0.3 is 5.73 Å². The Hall–Kier alpha value is -2.20. The van der Waals surface area contributed by atoms with Crippen molar-refractivity contribution in [2.24, 2.45) is 5.73 Å². The molecule has 0 fully saturated rings. The summed E-state index contributed by atoms with van der Waals surface area (Å²) in [5, 5.41) is 0. The van der Waals surface area contributed by atoms with E-state index >= 15 is 0 Å². The van der Waals surface area contributed by atoms with Crippen molar-refractivity contribution in [3.05, 3.63) is 53.6 Å². The van der Waals surface area contributed by atoms with Crippen LogP contribution in [0.3, 0.4) is 0 Å². The van der Waals surface area contributed by atoms with E-state index in [-0.39, 0.29) is 6.04 Å². The molecule has 0 saturated carbocycles. The molecule has 21 heavy (non-hydrogen) atoms. The highest BCUT2D eigenvalue weighted by Crippen LogP contribution is 2.22. The van der Waals surface area contributed by atoms with Crippen molar-refractivity contribution in [3.8, 4) is 5.69 Å². The van der Waals surface area contributed by atoms with E-state index in [1.165, 1.54) is 11.1 Å². The number of hydrogen-bond donors (Lipinski definition) is 1. The lowest BCUT2D eigenvalue weighted by Crippen LogP contribution is -2.18. The topological polar surface area (TPSA) is 56.7 Å². The summed E-state index contributed by atoms with van der Waals surface area (Å²) in [5.41, 5.74) is 12.7. The number of hydrogen-bond acceptors (Lipinski definition) is 3. The largest absolute Gasteiger partial charge is 0.328 e. The van der Waals surface area contributed by atoms with Gasteiger partial charge in [-0.15, -0.1) is 0 Å². The Labute approximate surface area is 124 Å². The van der Waals surface area contributed by atoms with Crippen LogP contribution in [-0.4, -0.2) is 20.6 Å². The highest BCUT2D eigenvalue weighted by molar-refractivity contribution is 5.79. The number of rotatable bonds is 3. The van der Waals surface area contributed by atoms with E-state index in [9.17, 15) is 0 Å². The van der Waals surface area contributed by atoms with Crippen LogP contribution in [0.5, 0.6) is 0 Å². The Bertz CT molecular complexity index is 787. The van der Waals surface area contributed by atoms with E-state index in [0.29, 0.717) is 0 Å². The van der Waals surface area contributed by atoms with Gasteiger partial charge in [0.1, 0.15) is 6.33 Å². The molecule has 0 bridgehead atoms. The van der Waals surface area contributed by atoms with Gasteiger partial charge in [0, 0.05) is 12.2 Å². The minimum Gasteiger partial charge on any atom is -0.328 e. The number of aromatic nitrogens is 3. The molecule has 1 aromatic carbocycles. The number of benzene rings is 1. The molecule has 2 aromatic heterocycles. The first-order valence-electron chi connectivity index (χ1n) is 7.19. The molecule has 0 aliphatic carbocycles. The molecule has 0 aliphatic rings. The average Bonchev–Trinajstić information content (AvgIpc) is 2.81. The minimum atomic E-state index is 0.131. The molecule has 3 rings (SSSR count). The molecule has 1 unspecified atom stereocenters. The van der Waals surface area contributed by atoms with Crippen LogP contribution in [0.25, 0.3) is 16.7 Å². The SMILES string of the molecule is Cc1cc2ncn(-c3cncc(CC(C)N)c3)c2cc1C. The predicted molar refractivity (Wildman–Crippen MR) is 85.7 cm³/mol. The fourth-order valence-electron chi connectivity index (χ4n) is 2.56. The lowest BCUT2D eigenvalue weighted by atomic mass is 10.1. The summed E-state index contributed by atoms with van der Waals surface area (Å²) in [6.07, 6.45) is 6.42. The molecule has 0 amide bonds. The van der Waals surface area contributed by atoms with Crippen molar-refractivity contribution in [1.29, 1.82) is 0 Å². The van der Waals surface area contributed by atoms with Gasteiger partial charge in [0.2, 0.25) is 0 Å². The maximum absolute atomic E-state index is 5.87. The first-order chi connectivity index (χ1) is 10.0. The zero-order valence-corrected chi connectivity index (χ0v) is 12.7. The van der Waals surface area contributed by atoms with Gasteiger partial charge in [0.15, 0.2) is 0 Å². The van der Waals surface area contributed by atoms with Crippen molar-refractivity contribution >= 4 is 11.0 Å². The normalized spacial score (nSPS) is 12.8. The van der Waals surface area contributed by atoms with Gasteiger partial charge in [0.05, 0.1) is 22.9 Å². The number of pyridine rings is 1. The van der Waals surface area contributed by atoms with Crippen molar-refractivity contribution in [2.75, 3.05) is 0 Å². The Morgan fingerprint density at radius 2 is 1.90 bits per heavy atom. The second-order valence-electron chi connectivity index (χ2n) is 5.77. The highest BCUT2D eigenvalue weighted by Gasteiger charge is 2.08. The van der Waals surface area contributed by atoms with Gasteiger partial charge in [-0.1, -0.05) is 0 Å². The fraction of sp³-hybridized carbons (Fsp3) is 0.294. The maximum Gasteiger partial charge on any atom is 0.100 e. The van der Waals surface area contributed by atoms with Crippen molar-refractivity contribution in [1.82, 2.24) is 14.5 Å². The Morgan fingerprint density at radius 1 is 1.14 bits per heavy atom. The van der Waals surface area contributed by atoms with E-state index in [0.717, 1.165) is 28.7 Å². The van der Waals surface area contributed by atoms with Crippen LogP contribution in [0.4, 0.5) is 0 Å². The lowest BCUT2D eigenvalue weighted by molar-refractivity contribution is 0.735. The molecule has 2 N–H and O–H groups in total. The third kappa shape index (κ3) is 2.67. The third-order valence-electron chi connectivity index (χ3n) is 3.78. The molecule has 0 radical (unpaired) electrons. The summed E-state index contributed by atoms with van der Waals surface area (Å²) in [7, 11) is 0. The maximum atomic E-state index is 5.87. The molecule has 0 saturated heterocycles. The summed E-state index contributed by atoms with van der Waals surface area (Å²) in [6, 6.07) is 6.56. The molecule has 1 atom stereocenters. The Kier molecular flexibility index (Phi) is 3.47. The molecule has 108 valence electrons. The predicted octanol–water partition coefficient (Wildman–Crippen LogP) is 2.93. The second kappa shape index (κ2) is 5.30. The summed E-state index contributed by atoms with van der Waals surface area (Å²) in [6.45, 7) is 6.24. The van der Waals surface area contributed by atoms with Crippen LogP contribution in [0.1, 0.15) is 23.6 Å². The van der Waals surface area contributed by atoms with Gasteiger partial charge >= 0.3 is 0 Å². The van der Waals surface area contributed by atoms with E-state index in [1.807, 2.05) is 25.6 Å². The second-order valence-corrected chi connectivity index (χ2v) is 5.77. The molecule has 4 heteroatoms. The number of imidazole rings is 1. The Morgan fingerprint density at radius 3 is 2.67 bits per heavy atom. The number of nitrogens with two attached hydrogens (primary N) is 1. The van der Waals surface area contributed by atoms with Crippen LogP contribution in [0.15, 0.2) is 36.9 Å². The summed E-state index contributed by atoms with van der Waals surface area (Å²) in [4.78, 5) is 8.83. The highest BCUT2D eigenvalue weighted by atomic mass is 15.1. The smallest absolute Gasteiger partial charge is 0.100 e. The van der Waals surface area contributed by atoms with E-state index in [1.54, 1.807) is 0 Å². The molecular weight excluding hydrogens is 260 g/mol. The Balaban J connectivity index is 2.10. The van der Waals surface area contributed by atoms with Crippen LogP contribution in [0, 0.1) is 13.8 Å². The van der Waals surface area contributed by atoms with Crippen LogP contribution >= 0.6 is 0 Å². The van der Waals surface area contributed by atoms with Crippen LogP contribution < -0.4 is 5.73 Å². The monoisotopic (exact) mass is 280 g/mol. The standard InChI is InChI=1S/C17H20N4/c1-11-4-16-17(5-12(11)2)21(10-20-16)15-7-14(6-13(3)18)8-19-9-15/h4-5,7-10,13H,6,18H2,1-3H3. The number of fused-ring (bicyclic) bond motifs is 1. The molecule has 0 aliphatic heterocycles. The van der Waals surface area contributed by atoms with Crippen molar-refractivity contribution < 1.29 is 0 Å². The molecule has 3 aromatic rings. The van der Waals surface area contributed by atoms with E-state index in [4.69, 9.17) is 5.73 Å². The third-order valence-corrected chi connectivity index (χ3v) is 3.78. The first-order valence-corrected chi connectivity index (χ1v) is 7.19. The summed E-state index contributed by atoms with van der Waals surface area (Å²) in [5.74, 6) is 0. The van der Waals surface area contributed by atoms with E-state index < -0.39 is 0 Å². The molecule has 2 heterocycles.